The third-order valence-electron chi connectivity index (χ3n) is 1.78. The first-order valence-electron chi connectivity index (χ1n) is 4.23. The molecular weight excluding hydrogens is 203 g/mol. The van der Waals surface area contributed by atoms with Crippen LogP contribution in [0.15, 0.2) is 18.2 Å². The molecule has 76 valence electrons. The van der Waals surface area contributed by atoms with Crippen molar-refractivity contribution in [1.82, 2.24) is 0 Å². The number of aromatic hydroxyl groups is 2. The van der Waals surface area contributed by atoms with Crippen molar-refractivity contribution in [2.75, 3.05) is 6.16 Å². The standard InChI is InChI=1S/C9H11O4P/c10-8-4-7(5-9(11)6-8)2-1-3-14(12)13/h4-6H,1-3H2,(H2-,10,11,12,13)/p+1. The molecule has 0 fully saturated rings. The number of phenolic OH excluding ortho intramolecular Hbond substituents is 2. The zero-order chi connectivity index (χ0) is 10.6. The van der Waals surface area contributed by atoms with Gasteiger partial charge in [0, 0.05) is 6.07 Å². The highest BCUT2D eigenvalue weighted by Gasteiger charge is 2.09. The van der Waals surface area contributed by atoms with Gasteiger partial charge in [-0.2, -0.15) is 4.89 Å². The molecule has 1 rings (SSSR count). The van der Waals surface area contributed by atoms with Crippen LogP contribution in [0.3, 0.4) is 0 Å². The highest BCUT2D eigenvalue weighted by atomic mass is 31.1. The van der Waals surface area contributed by atoms with Crippen LogP contribution in [0.2, 0.25) is 0 Å². The predicted molar refractivity (Wildman–Crippen MR) is 52.8 cm³/mol. The van der Waals surface area contributed by atoms with Gasteiger partial charge >= 0.3 is 8.03 Å². The summed E-state index contributed by atoms with van der Waals surface area (Å²) in [6.45, 7) is 0. The van der Waals surface area contributed by atoms with Gasteiger partial charge in [0.15, 0.2) is 6.16 Å². The summed E-state index contributed by atoms with van der Waals surface area (Å²) in [5, 5.41) is 18.3. The van der Waals surface area contributed by atoms with E-state index in [1.807, 2.05) is 0 Å². The second-order valence-electron chi connectivity index (χ2n) is 3.04. The van der Waals surface area contributed by atoms with Crippen molar-refractivity contribution in [3.8, 4) is 11.5 Å². The Labute approximate surface area is 82.7 Å². The summed E-state index contributed by atoms with van der Waals surface area (Å²) in [6.07, 6.45) is 1.38. The predicted octanol–water partition coefficient (Wildman–Crippen LogP) is 1.77. The monoisotopic (exact) mass is 215 g/mol. The number of hydrogen-bond donors (Lipinski definition) is 3. The van der Waals surface area contributed by atoms with E-state index in [9.17, 15) is 4.57 Å². The molecule has 4 nitrogen and oxygen atoms in total. The van der Waals surface area contributed by atoms with Crippen LogP contribution in [0, 0.1) is 0 Å². The molecule has 0 aliphatic rings. The van der Waals surface area contributed by atoms with Crippen LogP contribution >= 0.6 is 8.03 Å². The summed E-state index contributed by atoms with van der Waals surface area (Å²) in [7, 11) is -2.09. The maximum absolute atomic E-state index is 10.4. The van der Waals surface area contributed by atoms with Crippen LogP contribution in [-0.4, -0.2) is 21.3 Å². The van der Waals surface area contributed by atoms with Crippen molar-refractivity contribution in [1.29, 1.82) is 0 Å². The molecule has 1 aromatic rings. The van der Waals surface area contributed by atoms with Gasteiger partial charge in [-0.1, -0.05) is 0 Å². The minimum absolute atomic E-state index is 0.00777. The SMILES string of the molecule is O=[P+](O)CCCc1cc(O)cc(O)c1. The van der Waals surface area contributed by atoms with Crippen molar-refractivity contribution in [2.24, 2.45) is 0 Å². The molecule has 0 saturated heterocycles. The van der Waals surface area contributed by atoms with E-state index in [4.69, 9.17) is 15.1 Å². The highest BCUT2D eigenvalue weighted by Crippen LogP contribution is 2.22. The summed E-state index contributed by atoms with van der Waals surface area (Å²) in [5.41, 5.74) is 0.763. The van der Waals surface area contributed by atoms with E-state index in [0.29, 0.717) is 12.8 Å². The minimum atomic E-state index is -2.09. The highest BCUT2D eigenvalue weighted by molar-refractivity contribution is 7.37. The molecule has 0 bridgehead atoms. The van der Waals surface area contributed by atoms with Gasteiger partial charge in [0.05, 0.1) is 0 Å². The lowest BCUT2D eigenvalue weighted by atomic mass is 10.1. The van der Waals surface area contributed by atoms with Crippen LogP contribution in [0.4, 0.5) is 0 Å². The molecule has 0 spiro atoms. The van der Waals surface area contributed by atoms with E-state index in [0.717, 1.165) is 5.56 Å². The summed E-state index contributed by atoms with van der Waals surface area (Å²) < 4.78 is 10.4. The van der Waals surface area contributed by atoms with Crippen LogP contribution in [-0.2, 0) is 11.0 Å². The Bertz CT molecular complexity index is 317. The molecule has 1 aromatic carbocycles. The number of aryl methyl sites for hydroxylation is 1. The lowest BCUT2D eigenvalue weighted by molar-refractivity contribution is 0.449. The maximum Gasteiger partial charge on any atom is 0.505 e. The maximum atomic E-state index is 10.4. The Morgan fingerprint density at radius 3 is 2.21 bits per heavy atom. The van der Waals surface area contributed by atoms with Crippen LogP contribution < -0.4 is 0 Å². The molecule has 0 aromatic heterocycles. The molecule has 1 unspecified atom stereocenters. The number of hydrogen-bond acceptors (Lipinski definition) is 3. The fourth-order valence-electron chi connectivity index (χ4n) is 1.22. The molecule has 5 heteroatoms. The fraction of sp³-hybridized carbons (Fsp3) is 0.333. The number of phenols is 2. The van der Waals surface area contributed by atoms with E-state index in [-0.39, 0.29) is 17.7 Å². The summed E-state index contributed by atoms with van der Waals surface area (Å²) >= 11 is 0. The van der Waals surface area contributed by atoms with Gasteiger partial charge < -0.3 is 10.2 Å². The van der Waals surface area contributed by atoms with Crippen LogP contribution in [0.25, 0.3) is 0 Å². The molecule has 0 radical (unpaired) electrons. The molecule has 0 aliphatic carbocycles. The second kappa shape index (κ2) is 4.94. The third kappa shape index (κ3) is 3.73. The first-order valence-corrected chi connectivity index (χ1v) is 5.63. The van der Waals surface area contributed by atoms with Gasteiger partial charge in [0.1, 0.15) is 11.5 Å². The Morgan fingerprint density at radius 1 is 1.14 bits per heavy atom. The quantitative estimate of drug-likeness (QED) is 0.669. The zero-order valence-corrected chi connectivity index (χ0v) is 8.44. The van der Waals surface area contributed by atoms with Crippen molar-refractivity contribution in [2.45, 2.75) is 12.8 Å². The normalized spacial score (nSPS) is 11.4. The molecule has 1 atom stereocenters. The third-order valence-corrected chi connectivity index (χ3v) is 2.48. The topological polar surface area (TPSA) is 77.8 Å². The molecular formula is C9H12O4P+. The van der Waals surface area contributed by atoms with E-state index < -0.39 is 8.03 Å². The minimum Gasteiger partial charge on any atom is -0.508 e. The molecule has 0 amide bonds. The van der Waals surface area contributed by atoms with Crippen molar-refractivity contribution in [3.05, 3.63) is 23.8 Å². The summed E-state index contributed by atoms with van der Waals surface area (Å²) in [5.74, 6) is 0.0155. The van der Waals surface area contributed by atoms with Gasteiger partial charge in [-0.3, -0.25) is 0 Å². The zero-order valence-electron chi connectivity index (χ0n) is 7.55. The van der Waals surface area contributed by atoms with E-state index in [1.54, 1.807) is 0 Å². The van der Waals surface area contributed by atoms with E-state index >= 15 is 0 Å². The van der Waals surface area contributed by atoms with Crippen molar-refractivity contribution >= 4 is 8.03 Å². The Hall–Kier alpha value is -1.12. The number of benzene rings is 1. The van der Waals surface area contributed by atoms with Gasteiger partial charge in [0.25, 0.3) is 0 Å². The average Bonchev–Trinajstić information content (AvgIpc) is 2.01. The van der Waals surface area contributed by atoms with Gasteiger partial charge in [-0.15, -0.1) is 0 Å². The van der Waals surface area contributed by atoms with Crippen molar-refractivity contribution in [3.63, 3.8) is 0 Å². The Kier molecular flexibility index (Phi) is 3.86. The Morgan fingerprint density at radius 2 is 1.71 bits per heavy atom. The first-order chi connectivity index (χ1) is 6.58. The Balaban J connectivity index is 2.54. The molecule has 14 heavy (non-hydrogen) atoms. The molecule has 0 heterocycles. The van der Waals surface area contributed by atoms with Crippen LogP contribution in [0.5, 0.6) is 11.5 Å². The number of rotatable bonds is 4. The smallest absolute Gasteiger partial charge is 0.505 e. The molecule has 3 N–H and O–H groups in total. The van der Waals surface area contributed by atoms with Gasteiger partial charge in [-0.25, -0.2) is 0 Å². The molecule has 0 aliphatic heterocycles. The molecule has 0 saturated carbocycles. The largest absolute Gasteiger partial charge is 0.508 e. The van der Waals surface area contributed by atoms with E-state index in [2.05, 4.69) is 0 Å². The van der Waals surface area contributed by atoms with Crippen LogP contribution in [0.1, 0.15) is 12.0 Å². The van der Waals surface area contributed by atoms with Crippen molar-refractivity contribution < 1.29 is 19.7 Å². The van der Waals surface area contributed by atoms with Gasteiger partial charge in [-0.05, 0) is 35.1 Å². The average molecular weight is 215 g/mol. The van der Waals surface area contributed by atoms with Gasteiger partial charge in [0.2, 0.25) is 0 Å². The summed E-state index contributed by atoms with van der Waals surface area (Å²) in [6, 6.07) is 4.31. The lowest BCUT2D eigenvalue weighted by Crippen LogP contribution is -1.87. The fourth-order valence-corrected chi connectivity index (χ4v) is 1.65. The second-order valence-corrected chi connectivity index (χ2v) is 4.19. The summed E-state index contributed by atoms with van der Waals surface area (Å²) in [4.78, 5) is 8.55. The van der Waals surface area contributed by atoms with E-state index in [1.165, 1.54) is 18.2 Å². The first kappa shape index (κ1) is 11.0. The lowest BCUT2D eigenvalue weighted by Gasteiger charge is -2.00.